The highest BCUT2D eigenvalue weighted by atomic mass is 19.4. The van der Waals surface area contributed by atoms with Crippen LogP contribution < -0.4 is 0 Å². The number of hydrogen-bond donors (Lipinski definition) is 0. The summed E-state index contributed by atoms with van der Waals surface area (Å²) in [5.74, 6) is -2.69. The molecule has 1 aliphatic heterocycles. The van der Waals surface area contributed by atoms with Crippen LogP contribution in [0.15, 0.2) is 18.2 Å². The summed E-state index contributed by atoms with van der Waals surface area (Å²) >= 11 is 0. The third kappa shape index (κ3) is 4.15. The molecule has 0 saturated carbocycles. The van der Waals surface area contributed by atoms with Crippen molar-refractivity contribution in [3.05, 3.63) is 34.9 Å². The van der Waals surface area contributed by atoms with Crippen LogP contribution in [0.3, 0.4) is 0 Å². The topological polar surface area (TPSA) is 3.24 Å². The van der Waals surface area contributed by atoms with Crippen LogP contribution in [0.2, 0.25) is 0 Å². The fourth-order valence-electron chi connectivity index (χ4n) is 2.52. The predicted octanol–water partition coefficient (Wildman–Crippen LogP) is 4.50. The van der Waals surface area contributed by atoms with Gasteiger partial charge in [0.1, 0.15) is 0 Å². The van der Waals surface area contributed by atoms with Gasteiger partial charge in [-0.2, -0.15) is 13.2 Å². The van der Waals surface area contributed by atoms with E-state index in [-0.39, 0.29) is 38.0 Å². The van der Waals surface area contributed by atoms with E-state index in [2.05, 4.69) is 0 Å². The third-order valence-corrected chi connectivity index (χ3v) is 3.87. The quantitative estimate of drug-likeness (QED) is 0.743. The zero-order valence-electron chi connectivity index (χ0n) is 11.8. The average molecular weight is 307 g/mol. The monoisotopic (exact) mass is 307 g/mol. The van der Waals surface area contributed by atoms with Gasteiger partial charge in [-0.05, 0) is 23.6 Å². The van der Waals surface area contributed by atoms with Crippen LogP contribution >= 0.6 is 0 Å². The molecule has 1 nitrogen and oxygen atoms in total. The van der Waals surface area contributed by atoms with E-state index >= 15 is 0 Å². The zero-order valence-corrected chi connectivity index (χ0v) is 11.8. The Hall–Kier alpha value is -1.17. The summed E-state index contributed by atoms with van der Waals surface area (Å²) in [6.45, 7) is 2.11. The largest absolute Gasteiger partial charge is 0.416 e. The van der Waals surface area contributed by atoms with Gasteiger partial charge in [-0.1, -0.05) is 19.1 Å². The zero-order chi connectivity index (χ0) is 15.7. The second-order valence-corrected chi connectivity index (χ2v) is 5.47. The van der Waals surface area contributed by atoms with Gasteiger partial charge in [0.25, 0.3) is 5.92 Å². The molecule has 1 aliphatic rings. The van der Waals surface area contributed by atoms with Crippen molar-refractivity contribution in [1.29, 1.82) is 0 Å². The minimum atomic E-state index is -4.42. The molecule has 0 spiro atoms. The highest BCUT2D eigenvalue weighted by molar-refractivity contribution is 5.34. The molecule has 6 heteroatoms. The maximum absolute atomic E-state index is 13.1. The summed E-state index contributed by atoms with van der Waals surface area (Å²) < 4.78 is 65.5. The number of halogens is 5. The number of benzene rings is 1. The van der Waals surface area contributed by atoms with Gasteiger partial charge in [0.2, 0.25) is 0 Å². The molecule has 0 N–H and O–H groups in total. The lowest BCUT2D eigenvalue weighted by Gasteiger charge is -2.32. The summed E-state index contributed by atoms with van der Waals surface area (Å²) in [4.78, 5) is 1.66. The van der Waals surface area contributed by atoms with Crippen molar-refractivity contribution in [3.63, 3.8) is 0 Å². The maximum Gasteiger partial charge on any atom is 0.416 e. The molecule has 0 bridgehead atoms. The molecule has 0 radical (unpaired) electrons. The number of alkyl halides is 5. The summed E-state index contributed by atoms with van der Waals surface area (Å²) in [5, 5.41) is 0. The number of nitrogens with zero attached hydrogens (tertiary/aromatic N) is 1. The van der Waals surface area contributed by atoms with Crippen molar-refractivity contribution in [3.8, 4) is 0 Å². The first-order valence-corrected chi connectivity index (χ1v) is 7.00. The first-order valence-electron chi connectivity index (χ1n) is 7.00. The highest BCUT2D eigenvalue weighted by Crippen LogP contribution is 2.34. The van der Waals surface area contributed by atoms with E-state index < -0.39 is 17.7 Å². The lowest BCUT2D eigenvalue weighted by molar-refractivity contribution is -0.138. The Kier molecular flexibility index (Phi) is 4.56. The van der Waals surface area contributed by atoms with E-state index in [0.29, 0.717) is 12.0 Å². The Bertz CT molecular complexity index is 485. The summed E-state index contributed by atoms with van der Waals surface area (Å²) in [7, 11) is 0. The summed E-state index contributed by atoms with van der Waals surface area (Å²) in [6.07, 6.45) is -4.47. The van der Waals surface area contributed by atoms with Gasteiger partial charge >= 0.3 is 6.18 Å². The van der Waals surface area contributed by atoms with Gasteiger partial charge in [-0.15, -0.1) is 0 Å². The standard InChI is InChI=1S/C15H18F5N/c1-2-11-3-4-12(13(9-11)15(18,19)20)10-21-7-5-14(16,17)6-8-21/h3-4,9H,2,5-8,10H2,1H3. The Morgan fingerprint density at radius 3 is 2.29 bits per heavy atom. The fraction of sp³-hybridized carbons (Fsp3) is 0.600. The molecule has 1 aromatic carbocycles. The van der Waals surface area contributed by atoms with Crippen molar-refractivity contribution in [2.75, 3.05) is 13.1 Å². The molecule has 0 amide bonds. The Morgan fingerprint density at radius 2 is 1.76 bits per heavy atom. The van der Waals surface area contributed by atoms with E-state index in [0.717, 1.165) is 6.07 Å². The van der Waals surface area contributed by atoms with Gasteiger partial charge in [-0.25, -0.2) is 8.78 Å². The van der Waals surface area contributed by atoms with Crippen molar-refractivity contribution in [1.82, 2.24) is 4.90 Å². The fourth-order valence-corrected chi connectivity index (χ4v) is 2.52. The maximum atomic E-state index is 13.1. The average Bonchev–Trinajstić information content (AvgIpc) is 2.40. The van der Waals surface area contributed by atoms with E-state index in [1.807, 2.05) is 0 Å². The number of hydrogen-bond acceptors (Lipinski definition) is 1. The molecule has 0 atom stereocenters. The summed E-state index contributed by atoms with van der Waals surface area (Å²) in [6, 6.07) is 4.30. The predicted molar refractivity (Wildman–Crippen MR) is 70.3 cm³/mol. The van der Waals surface area contributed by atoms with Crippen molar-refractivity contribution >= 4 is 0 Å². The van der Waals surface area contributed by atoms with E-state index in [4.69, 9.17) is 0 Å². The second-order valence-electron chi connectivity index (χ2n) is 5.47. The lowest BCUT2D eigenvalue weighted by Crippen LogP contribution is -2.39. The SMILES string of the molecule is CCc1ccc(CN2CCC(F)(F)CC2)c(C(F)(F)F)c1. The molecule has 21 heavy (non-hydrogen) atoms. The molecule has 118 valence electrons. The molecule has 1 heterocycles. The van der Waals surface area contributed by atoms with Crippen LogP contribution in [0.25, 0.3) is 0 Å². The Labute approximate surface area is 120 Å². The van der Waals surface area contributed by atoms with Crippen LogP contribution in [0, 0.1) is 0 Å². The summed E-state index contributed by atoms with van der Waals surface area (Å²) in [5.41, 5.74) is 0.125. The van der Waals surface area contributed by atoms with Crippen LogP contribution in [0.5, 0.6) is 0 Å². The second kappa shape index (κ2) is 5.91. The number of piperidine rings is 1. The Balaban J connectivity index is 2.16. The first-order chi connectivity index (χ1) is 9.71. The normalized spacial score (nSPS) is 19.7. The smallest absolute Gasteiger partial charge is 0.299 e. The minimum absolute atomic E-state index is 0.0644. The minimum Gasteiger partial charge on any atom is -0.299 e. The molecule has 0 aliphatic carbocycles. The molecule has 1 fully saturated rings. The number of likely N-dealkylation sites (tertiary alicyclic amines) is 1. The van der Waals surface area contributed by atoms with Gasteiger partial charge in [0.05, 0.1) is 5.56 Å². The lowest BCUT2D eigenvalue weighted by atomic mass is 10.00. The van der Waals surface area contributed by atoms with E-state index in [9.17, 15) is 22.0 Å². The van der Waals surface area contributed by atoms with Gasteiger partial charge < -0.3 is 0 Å². The van der Waals surface area contributed by atoms with Crippen molar-refractivity contribution < 1.29 is 22.0 Å². The van der Waals surface area contributed by atoms with E-state index in [1.165, 1.54) is 6.07 Å². The first kappa shape index (κ1) is 16.2. The van der Waals surface area contributed by atoms with Crippen LogP contribution in [-0.4, -0.2) is 23.9 Å². The molecular formula is C15H18F5N. The number of aryl methyl sites for hydroxylation is 1. The van der Waals surface area contributed by atoms with Gasteiger partial charge in [0, 0.05) is 32.5 Å². The van der Waals surface area contributed by atoms with Gasteiger partial charge in [0.15, 0.2) is 0 Å². The molecule has 2 rings (SSSR count). The molecule has 0 aromatic heterocycles. The van der Waals surface area contributed by atoms with E-state index in [1.54, 1.807) is 17.9 Å². The van der Waals surface area contributed by atoms with Gasteiger partial charge in [-0.3, -0.25) is 4.90 Å². The van der Waals surface area contributed by atoms with Crippen LogP contribution in [0.4, 0.5) is 22.0 Å². The van der Waals surface area contributed by atoms with Crippen molar-refractivity contribution in [2.24, 2.45) is 0 Å². The van der Waals surface area contributed by atoms with Crippen molar-refractivity contribution in [2.45, 2.75) is 44.8 Å². The van der Waals surface area contributed by atoms with Crippen LogP contribution in [-0.2, 0) is 19.1 Å². The number of rotatable bonds is 3. The molecule has 1 saturated heterocycles. The molecule has 1 aromatic rings. The highest BCUT2D eigenvalue weighted by Gasteiger charge is 2.36. The van der Waals surface area contributed by atoms with Crippen LogP contribution in [0.1, 0.15) is 36.5 Å². The Morgan fingerprint density at radius 1 is 1.14 bits per heavy atom. The molecule has 0 unspecified atom stereocenters. The molecular weight excluding hydrogens is 289 g/mol. The third-order valence-electron chi connectivity index (χ3n) is 3.87.